The van der Waals surface area contributed by atoms with Crippen molar-refractivity contribution >= 4 is 29.2 Å². The lowest BCUT2D eigenvalue weighted by Crippen LogP contribution is -2.51. The topological polar surface area (TPSA) is 118 Å². The number of imide groups is 1. The monoisotopic (exact) mass is 434 g/mol. The molecule has 0 saturated carbocycles. The maximum atomic E-state index is 12.4. The summed E-state index contributed by atoms with van der Waals surface area (Å²) in [6.45, 7) is 1.73. The maximum Gasteiger partial charge on any atom is 0.337 e. The van der Waals surface area contributed by atoms with E-state index in [4.69, 9.17) is 4.74 Å². The molecule has 2 aliphatic heterocycles. The number of aromatic nitrogens is 3. The highest BCUT2D eigenvalue weighted by atomic mass is 16.5. The van der Waals surface area contributed by atoms with Crippen LogP contribution in [-0.2, 0) is 9.53 Å². The van der Waals surface area contributed by atoms with E-state index in [2.05, 4.69) is 25.6 Å². The molecule has 2 saturated heterocycles. The smallest absolute Gasteiger partial charge is 0.337 e. The minimum absolute atomic E-state index is 0.195. The predicted molar refractivity (Wildman–Crippen MR) is 115 cm³/mol. The van der Waals surface area contributed by atoms with Crippen LogP contribution < -0.4 is 15.5 Å². The molecule has 10 nitrogen and oxygen atoms in total. The first-order valence-electron chi connectivity index (χ1n) is 10.4. The highest BCUT2D eigenvalue weighted by Crippen LogP contribution is 2.34. The lowest BCUT2D eigenvalue weighted by Gasteiger charge is -2.24. The molecule has 1 aromatic carbocycles. The van der Waals surface area contributed by atoms with Crippen LogP contribution in [-0.4, -0.2) is 59.2 Å². The summed E-state index contributed by atoms with van der Waals surface area (Å²) in [7, 11) is 1.38. The van der Waals surface area contributed by atoms with Crippen LogP contribution >= 0.6 is 0 Å². The standard InChI is InChI=1S/C22H22N6O4/c1-32-21(30)14-4-2-3-13(9-14)15-5-7-27(12-15)18-10-17(26-28-8-6-23-19(18)28)16-11-24-22(31)25-20(16)29/h2-4,6,8-10,15-16H,5,7,11-12H2,1H3,(H2,24,25,29,31). The molecule has 0 bridgehead atoms. The molecule has 2 aromatic heterocycles. The first-order valence-corrected chi connectivity index (χ1v) is 10.4. The number of hydrogen-bond acceptors (Lipinski definition) is 7. The highest BCUT2D eigenvalue weighted by molar-refractivity contribution is 6.00. The van der Waals surface area contributed by atoms with Crippen molar-refractivity contribution < 1.29 is 19.1 Å². The van der Waals surface area contributed by atoms with Gasteiger partial charge in [0.25, 0.3) is 0 Å². The van der Waals surface area contributed by atoms with Crippen LogP contribution in [0, 0.1) is 0 Å². The van der Waals surface area contributed by atoms with Crippen molar-refractivity contribution in [2.45, 2.75) is 18.3 Å². The number of amides is 3. The van der Waals surface area contributed by atoms with Gasteiger partial charge in [-0.1, -0.05) is 12.1 Å². The van der Waals surface area contributed by atoms with Crippen molar-refractivity contribution in [2.75, 3.05) is 31.6 Å². The molecule has 2 aliphatic rings. The fourth-order valence-electron chi connectivity index (χ4n) is 4.38. The molecule has 2 fully saturated rings. The summed E-state index contributed by atoms with van der Waals surface area (Å²) in [5.41, 5.74) is 3.78. The summed E-state index contributed by atoms with van der Waals surface area (Å²) in [5.74, 6) is -1.06. The molecule has 164 valence electrons. The third kappa shape index (κ3) is 3.53. The molecule has 0 spiro atoms. The van der Waals surface area contributed by atoms with Crippen LogP contribution in [0.4, 0.5) is 10.5 Å². The van der Waals surface area contributed by atoms with Gasteiger partial charge in [-0.25, -0.2) is 19.1 Å². The molecule has 10 heteroatoms. The van der Waals surface area contributed by atoms with E-state index in [1.807, 2.05) is 24.3 Å². The van der Waals surface area contributed by atoms with E-state index in [0.717, 1.165) is 30.8 Å². The molecule has 2 atom stereocenters. The fourth-order valence-corrected chi connectivity index (χ4v) is 4.38. The third-order valence-corrected chi connectivity index (χ3v) is 6.04. The van der Waals surface area contributed by atoms with Crippen molar-refractivity contribution in [3.05, 3.63) is 59.5 Å². The fraction of sp³-hybridized carbons (Fsp3) is 0.318. The Labute approximate surface area is 183 Å². The van der Waals surface area contributed by atoms with Gasteiger partial charge in [0.1, 0.15) is 0 Å². The second-order valence-corrected chi connectivity index (χ2v) is 7.95. The Morgan fingerprint density at radius 1 is 1.25 bits per heavy atom. The van der Waals surface area contributed by atoms with E-state index in [1.54, 1.807) is 23.0 Å². The molecular formula is C22H22N6O4. The normalized spacial score (nSPS) is 20.8. The SMILES string of the molecule is COC(=O)c1cccc(C2CCN(c3cc(C4CNC(=O)NC4=O)nn4ccnc34)C2)c1. The van der Waals surface area contributed by atoms with Gasteiger partial charge in [0, 0.05) is 37.9 Å². The predicted octanol–water partition coefficient (Wildman–Crippen LogP) is 1.43. The van der Waals surface area contributed by atoms with E-state index in [1.165, 1.54) is 7.11 Å². The van der Waals surface area contributed by atoms with Crippen molar-refractivity contribution in [3.63, 3.8) is 0 Å². The molecule has 2 unspecified atom stereocenters. The summed E-state index contributed by atoms with van der Waals surface area (Å²) in [6, 6.07) is 8.93. The summed E-state index contributed by atoms with van der Waals surface area (Å²) in [6.07, 6.45) is 4.33. The summed E-state index contributed by atoms with van der Waals surface area (Å²) < 4.78 is 6.51. The number of imidazole rings is 1. The number of urea groups is 1. The Bertz CT molecular complexity index is 1220. The molecular weight excluding hydrogens is 412 g/mol. The average molecular weight is 434 g/mol. The Morgan fingerprint density at radius 3 is 2.94 bits per heavy atom. The van der Waals surface area contributed by atoms with Crippen LogP contribution in [0.15, 0.2) is 42.7 Å². The molecule has 32 heavy (non-hydrogen) atoms. The number of methoxy groups -OCH3 is 1. The van der Waals surface area contributed by atoms with Crippen molar-refractivity contribution in [2.24, 2.45) is 0 Å². The summed E-state index contributed by atoms with van der Waals surface area (Å²) in [5, 5.41) is 9.50. The second kappa shape index (κ2) is 7.95. The van der Waals surface area contributed by atoms with Gasteiger partial charge in [-0.3, -0.25) is 10.1 Å². The molecule has 4 heterocycles. The number of carbonyl (C=O) groups is 3. The van der Waals surface area contributed by atoms with Gasteiger partial charge in [0.2, 0.25) is 5.91 Å². The number of benzene rings is 1. The zero-order valence-corrected chi connectivity index (χ0v) is 17.4. The number of esters is 1. The lowest BCUT2D eigenvalue weighted by molar-refractivity contribution is -0.122. The number of fused-ring (bicyclic) bond motifs is 1. The van der Waals surface area contributed by atoms with E-state index in [-0.39, 0.29) is 24.3 Å². The minimum atomic E-state index is -0.576. The van der Waals surface area contributed by atoms with Gasteiger partial charge in [0.15, 0.2) is 5.65 Å². The second-order valence-electron chi connectivity index (χ2n) is 7.95. The van der Waals surface area contributed by atoms with E-state index < -0.39 is 11.9 Å². The van der Waals surface area contributed by atoms with Gasteiger partial charge in [0.05, 0.1) is 30.0 Å². The number of hydrogen-bond donors (Lipinski definition) is 2. The summed E-state index contributed by atoms with van der Waals surface area (Å²) in [4.78, 5) is 42.4. The molecule has 0 aliphatic carbocycles. The third-order valence-electron chi connectivity index (χ3n) is 6.04. The Hall–Kier alpha value is -3.95. The molecule has 2 N–H and O–H groups in total. The number of nitrogens with zero attached hydrogens (tertiary/aromatic N) is 4. The lowest BCUT2D eigenvalue weighted by atomic mass is 9.96. The quantitative estimate of drug-likeness (QED) is 0.597. The van der Waals surface area contributed by atoms with Gasteiger partial charge in [-0.05, 0) is 30.2 Å². The molecule has 5 rings (SSSR count). The number of rotatable bonds is 4. The Kier molecular flexibility index (Phi) is 4.96. The maximum absolute atomic E-state index is 12.4. The van der Waals surface area contributed by atoms with Crippen LogP contribution in [0.25, 0.3) is 5.65 Å². The van der Waals surface area contributed by atoms with Gasteiger partial charge in [-0.2, -0.15) is 5.10 Å². The van der Waals surface area contributed by atoms with E-state index >= 15 is 0 Å². The Balaban J connectivity index is 1.44. The van der Waals surface area contributed by atoms with E-state index in [9.17, 15) is 14.4 Å². The minimum Gasteiger partial charge on any atom is -0.465 e. The van der Waals surface area contributed by atoms with Crippen molar-refractivity contribution in [3.8, 4) is 0 Å². The summed E-state index contributed by atoms with van der Waals surface area (Å²) >= 11 is 0. The molecule has 0 radical (unpaired) electrons. The van der Waals surface area contributed by atoms with Gasteiger partial charge in [-0.15, -0.1) is 0 Å². The van der Waals surface area contributed by atoms with E-state index in [0.29, 0.717) is 16.9 Å². The van der Waals surface area contributed by atoms with Crippen LogP contribution in [0.2, 0.25) is 0 Å². The molecule has 3 aromatic rings. The molecule has 3 amide bonds. The number of carbonyl (C=O) groups excluding carboxylic acids is 3. The average Bonchev–Trinajstić information content (AvgIpc) is 3.48. The van der Waals surface area contributed by atoms with Crippen LogP contribution in [0.3, 0.4) is 0 Å². The van der Waals surface area contributed by atoms with Crippen molar-refractivity contribution in [1.29, 1.82) is 0 Å². The Morgan fingerprint density at radius 2 is 2.12 bits per heavy atom. The van der Waals surface area contributed by atoms with Crippen LogP contribution in [0.1, 0.15) is 39.9 Å². The zero-order valence-electron chi connectivity index (χ0n) is 17.4. The van der Waals surface area contributed by atoms with Crippen LogP contribution in [0.5, 0.6) is 0 Å². The van der Waals surface area contributed by atoms with Crippen molar-refractivity contribution in [1.82, 2.24) is 25.2 Å². The first kappa shape index (κ1) is 20.0. The first-order chi connectivity index (χ1) is 15.5. The van der Waals surface area contributed by atoms with Gasteiger partial charge < -0.3 is 15.0 Å². The number of anilines is 1. The number of nitrogens with one attached hydrogen (secondary N) is 2. The number of ether oxygens (including phenoxy) is 1. The largest absolute Gasteiger partial charge is 0.465 e. The highest BCUT2D eigenvalue weighted by Gasteiger charge is 2.32. The zero-order chi connectivity index (χ0) is 22.2. The van der Waals surface area contributed by atoms with Gasteiger partial charge >= 0.3 is 12.0 Å².